The van der Waals surface area contributed by atoms with Crippen LogP contribution < -0.4 is 15.4 Å². The minimum atomic E-state index is -3.90. The molecule has 0 aromatic heterocycles. The monoisotopic (exact) mass is 363 g/mol. The van der Waals surface area contributed by atoms with E-state index in [4.69, 9.17) is 0 Å². The van der Waals surface area contributed by atoms with Crippen molar-refractivity contribution in [2.75, 3.05) is 17.2 Å². The average Bonchev–Trinajstić information content (AvgIpc) is 2.94. The first kappa shape index (κ1) is 17.1. The number of rotatable bonds is 5. The summed E-state index contributed by atoms with van der Waals surface area (Å²) in [6.45, 7) is -0.478. The number of benzene rings is 2. The number of sulfonamides is 1. The van der Waals surface area contributed by atoms with Crippen molar-refractivity contribution in [1.29, 1.82) is 0 Å². The van der Waals surface area contributed by atoms with E-state index in [1.54, 1.807) is 0 Å². The molecule has 3 rings (SSSR count). The Bertz CT molecular complexity index is 942. The van der Waals surface area contributed by atoms with Crippen molar-refractivity contribution in [3.8, 4) is 0 Å². The van der Waals surface area contributed by atoms with E-state index in [1.807, 2.05) is 0 Å². The lowest BCUT2D eigenvalue weighted by Gasteiger charge is -2.09. The maximum Gasteiger partial charge on any atom is 0.241 e. The first-order valence-corrected chi connectivity index (χ1v) is 8.80. The van der Waals surface area contributed by atoms with Gasteiger partial charge in [-0.15, -0.1) is 0 Å². The van der Waals surface area contributed by atoms with Crippen LogP contribution in [0, 0.1) is 5.82 Å². The first-order chi connectivity index (χ1) is 11.8. The van der Waals surface area contributed by atoms with Crippen molar-refractivity contribution in [2.24, 2.45) is 0 Å². The van der Waals surface area contributed by atoms with Gasteiger partial charge in [-0.1, -0.05) is 0 Å². The fourth-order valence-corrected chi connectivity index (χ4v) is 3.39. The van der Waals surface area contributed by atoms with Gasteiger partial charge in [-0.05, 0) is 48.0 Å². The molecule has 2 aromatic rings. The Hall–Kier alpha value is -2.78. The lowest BCUT2D eigenvalue weighted by atomic mass is 10.2. The van der Waals surface area contributed by atoms with Crippen molar-refractivity contribution in [2.45, 2.75) is 11.3 Å². The number of nitrogens with one attached hydrogen (secondary N) is 3. The molecule has 9 heteroatoms. The van der Waals surface area contributed by atoms with Crippen molar-refractivity contribution < 1.29 is 22.4 Å². The molecule has 0 atom stereocenters. The van der Waals surface area contributed by atoms with Crippen molar-refractivity contribution in [1.82, 2.24) is 4.72 Å². The van der Waals surface area contributed by atoms with Crippen LogP contribution in [0.1, 0.15) is 5.56 Å². The SMILES string of the molecule is O=C(CNS(=O)(=O)c1ccc2c(c1)CC(=O)N2)Nc1ccc(F)cc1. The minimum Gasteiger partial charge on any atom is -0.326 e. The third kappa shape index (κ3) is 4.01. The van der Waals surface area contributed by atoms with Crippen LogP contribution in [0.4, 0.5) is 15.8 Å². The summed E-state index contributed by atoms with van der Waals surface area (Å²) in [5.74, 6) is -1.23. The Morgan fingerprint density at radius 2 is 1.88 bits per heavy atom. The van der Waals surface area contributed by atoms with Crippen LogP contribution in [0.3, 0.4) is 0 Å². The molecule has 0 aliphatic carbocycles. The normalized spacial score (nSPS) is 13.2. The van der Waals surface area contributed by atoms with Crippen LogP contribution in [-0.2, 0) is 26.0 Å². The molecule has 0 radical (unpaired) electrons. The zero-order valence-electron chi connectivity index (χ0n) is 12.9. The zero-order chi connectivity index (χ0) is 18.0. The number of hydrogen-bond donors (Lipinski definition) is 3. The molecule has 0 saturated heterocycles. The predicted molar refractivity (Wildman–Crippen MR) is 89.0 cm³/mol. The molecule has 0 saturated carbocycles. The highest BCUT2D eigenvalue weighted by Gasteiger charge is 2.22. The van der Waals surface area contributed by atoms with Gasteiger partial charge < -0.3 is 10.6 Å². The third-order valence-electron chi connectivity index (χ3n) is 3.56. The molecule has 0 unspecified atom stereocenters. The van der Waals surface area contributed by atoms with Gasteiger partial charge in [0.2, 0.25) is 21.8 Å². The molecule has 1 heterocycles. The number of carbonyl (C=O) groups is 2. The summed E-state index contributed by atoms with van der Waals surface area (Å²) in [7, 11) is -3.90. The largest absolute Gasteiger partial charge is 0.326 e. The van der Waals surface area contributed by atoms with Crippen LogP contribution in [0.5, 0.6) is 0 Å². The van der Waals surface area contributed by atoms with Crippen LogP contribution >= 0.6 is 0 Å². The smallest absolute Gasteiger partial charge is 0.241 e. The lowest BCUT2D eigenvalue weighted by Crippen LogP contribution is -2.32. The molecule has 0 fully saturated rings. The summed E-state index contributed by atoms with van der Waals surface area (Å²) in [6.07, 6.45) is 0.115. The van der Waals surface area contributed by atoms with Gasteiger partial charge in [-0.3, -0.25) is 9.59 Å². The van der Waals surface area contributed by atoms with Gasteiger partial charge in [0.05, 0.1) is 17.9 Å². The second kappa shape index (κ2) is 6.61. The Labute approximate surface area is 143 Å². The topological polar surface area (TPSA) is 104 Å². The zero-order valence-corrected chi connectivity index (χ0v) is 13.7. The number of hydrogen-bond acceptors (Lipinski definition) is 4. The van der Waals surface area contributed by atoms with E-state index in [9.17, 15) is 22.4 Å². The molecule has 130 valence electrons. The van der Waals surface area contributed by atoms with E-state index < -0.39 is 28.3 Å². The summed E-state index contributed by atoms with van der Waals surface area (Å²) >= 11 is 0. The van der Waals surface area contributed by atoms with Crippen molar-refractivity contribution in [3.05, 3.63) is 53.8 Å². The highest BCUT2D eigenvalue weighted by atomic mass is 32.2. The van der Waals surface area contributed by atoms with Crippen LogP contribution in [-0.4, -0.2) is 26.8 Å². The quantitative estimate of drug-likeness (QED) is 0.743. The van der Waals surface area contributed by atoms with Gasteiger partial charge in [0.15, 0.2) is 0 Å². The van der Waals surface area contributed by atoms with E-state index in [2.05, 4.69) is 15.4 Å². The molecule has 1 aliphatic rings. The fraction of sp³-hybridized carbons (Fsp3) is 0.125. The predicted octanol–water partition coefficient (Wildman–Crippen LogP) is 1.24. The number of fused-ring (bicyclic) bond motifs is 1. The van der Waals surface area contributed by atoms with E-state index in [0.717, 1.165) is 0 Å². The Morgan fingerprint density at radius 1 is 1.16 bits per heavy atom. The molecular formula is C16H14FN3O4S. The molecule has 3 N–H and O–H groups in total. The second-order valence-electron chi connectivity index (χ2n) is 5.42. The van der Waals surface area contributed by atoms with Gasteiger partial charge in [0, 0.05) is 11.4 Å². The van der Waals surface area contributed by atoms with Gasteiger partial charge >= 0.3 is 0 Å². The number of carbonyl (C=O) groups excluding carboxylic acids is 2. The molecule has 7 nitrogen and oxygen atoms in total. The number of anilines is 2. The summed E-state index contributed by atoms with van der Waals surface area (Å²) in [5.41, 5.74) is 1.52. The van der Waals surface area contributed by atoms with E-state index >= 15 is 0 Å². The molecule has 1 aliphatic heterocycles. The molecule has 0 bridgehead atoms. The summed E-state index contributed by atoms with van der Waals surface area (Å²) in [6, 6.07) is 9.35. The average molecular weight is 363 g/mol. The second-order valence-corrected chi connectivity index (χ2v) is 7.19. The van der Waals surface area contributed by atoms with Crippen molar-refractivity contribution >= 4 is 33.2 Å². The van der Waals surface area contributed by atoms with Crippen LogP contribution in [0.15, 0.2) is 47.4 Å². The van der Waals surface area contributed by atoms with Gasteiger partial charge in [-0.2, -0.15) is 0 Å². The first-order valence-electron chi connectivity index (χ1n) is 7.31. The number of amides is 2. The molecule has 2 aromatic carbocycles. The third-order valence-corrected chi connectivity index (χ3v) is 4.96. The fourth-order valence-electron chi connectivity index (χ4n) is 2.36. The van der Waals surface area contributed by atoms with E-state index in [1.165, 1.54) is 42.5 Å². The molecular weight excluding hydrogens is 349 g/mol. The Morgan fingerprint density at radius 3 is 2.60 bits per heavy atom. The summed E-state index contributed by atoms with van der Waals surface area (Å²) in [4.78, 5) is 23.1. The highest BCUT2D eigenvalue weighted by molar-refractivity contribution is 7.89. The minimum absolute atomic E-state index is 0.0302. The van der Waals surface area contributed by atoms with E-state index in [0.29, 0.717) is 16.9 Å². The Kier molecular flexibility index (Phi) is 4.51. The maximum atomic E-state index is 12.8. The van der Waals surface area contributed by atoms with Gasteiger partial charge in [0.1, 0.15) is 5.82 Å². The van der Waals surface area contributed by atoms with E-state index in [-0.39, 0.29) is 17.2 Å². The number of halogens is 1. The Balaban J connectivity index is 1.64. The maximum absolute atomic E-state index is 12.8. The molecule has 25 heavy (non-hydrogen) atoms. The van der Waals surface area contributed by atoms with Gasteiger partial charge in [0.25, 0.3) is 0 Å². The van der Waals surface area contributed by atoms with Crippen LogP contribution in [0.2, 0.25) is 0 Å². The summed E-state index contributed by atoms with van der Waals surface area (Å²) < 4.78 is 39.5. The summed E-state index contributed by atoms with van der Waals surface area (Å²) in [5, 5.41) is 5.07. The highest BCUT2D eigenvalue weighted by Crippen LogP contribution is 2.25. The lowest BCUT2D eigenvalue weighted by molar-refractivity contribution is -0.115. The molecule has 0 spiro atoms. The molecule has 2 amide bonds. The van der Waals surface area contributed by atoms with Crippen molar-refractivity contribution in [3.63, 3.8) is 0 Å². The standard InChI is InChI=1S/C16H14FN3O4S/c17-11-1-3-12(4-2-11)19-16(22)9-18-25(23,24)13-5-6-14-10(7-13)8-15(21)20-14/h1-7,18H,8-9H2,(H,19,22)(H,20,21). The van der Waals surface area contributed by atoms with Gasteiger partial charge in [-0.25, -0.2) is 17.5 Å². The van der Waals surface area contributed by atoms with Crippen LogP contribution in [0.25, 0.3) is 0 Å².